The first kappa shape index (κ1) is 16.0. The third-order valence-corrected chi connectivity index (χ3v) is 3.54. The summed E-state index contributed by atoms with van der Waals surface area (Å²) in [6.45, 7) is 0. The first-order valence-electron chi connectivity index (χ1n) is 6.00. The van der Waals surface area contributed by atoms with E-state index in [0.29, 0.717) is 12.1 Å². The molecule has 2 rings (SSSR count). The van der Waals surface area contributed by atoms with E-state index in [2.05, 4.69) is 0 Å². The lowest BCUT2D eigenvalue weighted by Gasteiger charge is -2.28. The molecule has 118 valence electrons. The Hall–Kier alpha value is -2.42. The Balaban J connectivity index is 2.58. The average Bonchev–Trinajstić information content (AvgIpc) is 2.60. The molecule has 22 heavy (non-hydrogen) atoms. The number of fused-ring (bicyclic) bond motifs is 1. The summed E-state index contributed by atoms with van der Waals surface area (Å²) in [5.74, 6) is -2.44. The Morgan fingerprint density at radius 3 is 2.55 bits per heavy atom. The number of hydrogen-bond donors (Lipinski definition) is 3. The second kappa shape index (κ2) is 5.09. The maximum absolute atomic E-state index is 12.7. The number of benzene rings is 1. The van der Waals surface area contributed by atoms with Crippen molar-refractivity contribution in [3.05, 3.63) is 34.9 Å². The van der Waals surface area contributed by atoms with Gasteiger partial charge in [0.2, 0.25) is 6.41 Å². The molecule has 9 heteroatoms. The highest BCUT2D eigenvalue weighted by molar-refractivity contribution is 6.10. The van der Waals surface area contributed by atoms with Crippen LogP contribution < -0.4 is 5.32 Å². The highest BCUT2D eigenvalue weighted by atomic mass is 19.4. The predicted octanol–water partition coefficient (Wildman–Crippen LogP) is 0.895. The van der Waals surface area contributed by atoms with Gasteiger partial charge in [0.1, 0.15) is 11.6 Å². The number of aliphatic carboxylic acids is 1. The van der Waals surface area contributed by atoms with Crippen LogP contribution in [0.5, 0.6) is 0 Å². The zero-order valence-electron chi connectivity index (χ0n) is 10.8. The van der Waals surface area contributed by atoms with Crippen molar-refractivity contribution in [3.8, 4) is 0 Å². The zero-order valence-corrected chi connectivity index (χ0v) is 10.8. The maximum atomic E-state index is 12.7. The van der Waals surface area contributed by atoms with Crippen molar-refractivity contribution < 1.29 is 37.8 Å². The normalized spacial score (nSPS) is 24.0. The lowest BCUT2D eigenvalue weighted by molar-refractivity contribution is -0.140. The first-order valence-corrected chi connectivity index (χ1v) is 6.00. The van der Waals surface area contributed by atoms with E-state index in [1.807, 2.05) is 5.32 Å². The van der Waals surface area contributed by atoms with Gasteiger partial charge in [-0.25, -0.2) is 0 Å². The molecule has 2 atom stereocenters. The van der Waals surface area contributed by atoms with Crippen LogP contribution in [-0.2, 0) is 15.8 Å². The molecule has 1 aliphatic rings. The smallest absolute Gasteiger partial charge is 0.416 e. The number of halogens is 3. The SMILES string of the molecule is O=CNC1(CC(=O)O)C(=O)c2ccc(C(F)(F)F)cc2C1O. The molecule has 0 saturated carbocycles. The number of aliphatic hydroxyl groups is 1. The largest absolute Gasteiger partial charge is 0.481 e. The number of alkyl halides is 3. The van der Waals surface area contributed by atoms with E-state index >= 15 is 0 Å². The van der Waals surface area contributed by atoms with E-state index in [9.17, 15) is 32.7 Å². The number of carboxylic acid groups (broad SMARTS) is 1. The van der Waals surface area contributed by atoms with Gasteiger partial charge in [0.15, 0.2) is 5.78 Å². The fraction of sp³-hybridized carbons (Fsp3) is 0.308. The third kappa shape index (κ3) is 2.33. The van der Waals surface area contributed by atoms with Crippen LogP contribution in [0.3, 0.4) is 0 Å². The van der Waals surface area contributed by atoms with Gasteiger partial charge in [0, 0.05) is 5.56 Å². The second-order valence-corrected chi connectivity index (χ2v) is 4.84. The van der Waals surface area contributed by atoms with E-state index in [-0.39, 0.29) is 17.5 Å². The summed E-state index contributed by atoms with van der Waals surface area (Å²) in [6.07, 6.45) is -7.50. The van der Waals surface area contributed by atoms with Crippen molar-refractivity contribution in [1.29, 1.82) is 0 Å². The fourth-order valence-electron chi connectivity index (χ4n) is 2.52. The van der Waals surface area contributed by atoms with Crippen LogP contribution in [0.1, 0.15) is 34.0 Å². The van der Waals surface area contributed by atoms with E-state index in [1.54, 1.807) is 0 Å². The van der Waals surface area contributed by atoms with Crippen LogP contribution in [0.15, 0.2) is 18.2 Å². The van der Waals surface area contributed by atoms with Crippen LogP contribution in [0.4, 0.5) is 13.2 Å². The van der Waals surface area contributed by atoms with Crippen LogP contribution in [0.25, 0.3) is 0 Å². The number of amides is 1. The summed E-state index contributed by atoms with van der Waals surface area (Å²) >= 11 is 0. The number of rotatable bonds is 4. The fourth-order valence-corrected chi connectivity index (χ4v) is 2.52. The van der Waals surface area contributed by atoms with Crippen molar-refractivity contribution >= 4 is 18.2 Å². The molecule has 3 N–H and O–H groups in total. The van der Waals surface area contributed by atoms with Gasteiger partial charge in [-0.15, -0.1) is 0 Å². The molecular formula is C13H10F3NO5. The summed E-state index contributed by atoms with van der Waals surface area (Å²) in [6, 6.07) is 2.09. The lowest BCUT2D eigenvalue weighted by atomic mass is 9.88. The van der Waals surface area contributed by atoms with E-state index in [4.69, 9.17) is 5.11 Å². The molecule has 0 heterocycles. The monoisotopic (exact) mass is 317 g/mol. The van der Waals surface area contributed by atoms with Gasteiger partial charge in [-0.2, -0.15) is 13.2 Å². The van der Waals surface area contributed by atoms with Gasteiger partial charge in [-0.05, 0) is 17.7 Å². The Morgan fingerprint density at radius 1 is 1.41 bits per heavy atom. The lowest BCUT2D eigenvalue weighted by Crippen LogP contribution is -2.53. The minimum Gasteiger partial charge on any atom is -0.481 e. The van der Waals surface area contributed by atoms with E-state index in [0.717, 1.165) is 6.07 Å². The summed E-state index contributed by atoms with van der Waals surface area (Å²) in [4.78, 5) is 33.9. The third-order valence-electron chi connectivity index (χ3n) is 3.54. The Bertz CT molecular complexity index is 658. The summed E-state index contributed by atoms with van der Waals surface area (Å²) in [5, 5.41) is 21.0. The number of aliphatic hydroxyl groups excluding tert-OH is 1. The number of nitrogens with one attached hydrogen (secondary N) is 1. The van der Waals surface area contributed by atoms with Gasteiger partial charge in [-0.3, -0.25) is 14.4 Å². The van der Waals surface area contributed by atoms with E-state index in [1.165, 1.54) is 0 Å². The highest BCUT2D eigenvalue weighted by Crippen LogP contribution is 2.43. The van der Waals surface area contributed by atoms with Crippen LogP contribution in [0, 0.1) is 0 Å². The summed E-state index contributed by atoms with van der Waals surface area (Å²) in [7, 11) is 0. The van der Waals surface area contributed by atoms with Crippen LogP contribution in [-0.4, -0.2) is 33.9 Å². The highest BCUT2D eigenvalue weighted by Gasteiger charge is 2.54. The number of carboxylic acids is 1. The first-order chi connectivity index (χ1) is 10.1. The van der Waals surface area contributed by atoms with Gasteiger partial charge in [0.05, 0.1) is 12.0 Å². The summed E-state index contributed by atoms with van der Waals surface area (Å²) in [5.41, 5.74) is -3.91. The minimum absolute atomic E-state index is 0.0284. The van der Waals surface area contributed by atoms with Gasteiger partial charge >= 0.3 is 12.1 Å². The number of carbonyl (C=O) groups excluding carboxylic acids is 2. The summed E-state index contributed by atoms with van der Waals surface area (Å²) < 4.78 is 38.1. The standard InChI is InChI=1S/C13H10F3NO5/c14-13(15,16)6-1-2-7-8(3-6)11(22)12(10(7)21,17-5-18)4-9(19)20/h1-3,5,11,22H,4H2,(H,17,18)(H,19,20). The van der Waals surface area contributed by atoms with Crippen molar-refractivity contribution in [1.82, 2.24) is 5.32 Å². The molecule has 0 fully saturated rings. The van der Waals surface area contributed by atoms with Crippen molar-refractivity contribution in [2.45, 2.75) is 24.2 Å². The van der Waals surface area contributed by atoms with Crippen LogP contribution >= 0.6 is 0 Å². The maximum Gasteiger partial charge on any atom is 0.416 e. The molecule has 1 aromatic carbocycles. The molecule has 0 aromatic heterocycles. The topological polar surface area (TPSA) is 104 Å². The molecular weight excluding hydrogens is 307 g/mol. The van der Waals surface area contributed by atoms with Crippen molar-refractivity contribution in [3.63, 3.8) is 0 Å². The molecule has 0 spiro atoms. The van der Waals surface area contributed by atoms with Gasteiger partial charge in [0.25, 0.3) is 0 Å². The molecule has 0 aliphatic heterocycles. The number of ketones is 1. The zero-order chi connectivity index (χ0) is 16.7. The molecule has 0 bridgehead atoms. The van der Waals surface area contributed by atoms with Gasteiger partial charge < -0.3 is 15.5 Å². The molecule has 0 radical (unpaired) electrons. The molecule has 1 aliphatic carbocycles. The predicted molar refractivity (Wildman–Crippen MR) is 64.9 cm³/mol. The molecule has 2 unspecified atom stereocenters. The van der Waals surface area contributed by atoms with Crippen molar-refractivity contribution in [2.24, 2.45) is 0 Å². The Kier molecular flexibility index (Phi) is 3.69. The Labute approximate surface area is 121 Å². The number of carbonyl (C=O) groups is 3. The number of Topliss-reactive ketones (excluding diaryl/α,β-unsaturated/α-hetero) is 1. The second-order valence-electron chi connectivity index (χ2n) is 4.84. The van der Waals surface area contributed by atoms with Crippen LogP contribution in [0.2, 0.25) is 0 Å². The van der Waals surface area contributed by atoms with E-state index < -0.39 is 41.6 Å². The quantitative estimate of drug-likeness (QED) is 0.716. The van der Waals surface area contributed by atoms with Crippen molar-refractivity contribution in [2.75, 3.05) is 0 Å². The molecule has 1 amide bonds. The molecule has 0 saturated heterocycles. The Morgan fingerprint density at radius 2 is 2.05 bits per heavy atom. The number of hydrogen-bond acceptors (Lipinski definition) is 4. The van der Waals surface area contributed by atoms with Gasteiger partial charge in [-0.1, -0.05) is 6.07 Å². The molecule has 1 aromatic rings. The molecule has 6 nitrogen and oxygen atoms in total. The average molecular weight is 317 g/mol. The minimum atomic E-state index is -4.69.